The van der Waals surface area contributed by atoms with Crippen LogP contribution in [0.15, 0.2) is 22.9 Å². The summed E-state index contributed by atoms with van der Waals surface area (Å²) in [4.78, 5) is 20.5. The lowest BCUT2D eigenvalue weighted by Gasteiger charge is -2.35. The van der Waals surface area contributed by atoms with Gasteiger partial charge in [-0.2, -0.15) is 0 Å². The van der Waals surface area contributed by atoms with Gasteiger partial charge in [-0.05, 0) is 48.9 Å². The molecule has 1 aliphatic heterocycles. The Bertz CT molecular complexity index is 428. The molecule has 0 aromatic carbocycles. The summed E-state index contributed by atoms with van der Waals surface area (Å²) >= 11 is 3.38. The highest BCUT2D eigenvalue weighted by atomic mass is 79.9. The number of piperidine rings is 1. The molecular weight excluding hydrogens is 294 g/mol. The van der Waals surface area contributed by atoms with Crippen molar-refractivity contribution in [2.24, 2.45) is 0 Å². The van der Waals surface area contributed by atoms with E-state index in [1.165, 1.54) is 0 Å². The van der Waals surface area contributed by atoms with Crippen LogP contribution >= 0.6 is 15.9 Å². The summed E-state index contributed by atoms with van der Waals surface area (Å²) in [6, 6.07) is 2.36. The highest BCUT2D eigenvalue weighted by molar-refractivity contribution is 9.10. The highest BCUT2D eigenvalue weighted by Gasteiger charge is 2.25. The first-order chi connectivity index (χ1) is 8.59. The Kier molecular flexibility index (Phi) is 4.35. The van der Waals surface area contributed by atoms with Crippen LogP contribution in [-0.4, -0.2) is 53.9 Å². The summed E-state index contributed by atoms with van der Waals surface area (Å²) in [7, 11) is 4.20. The van der Waals surface area contributed by atoms with Gasteiger partial charge in [0.15, 0.2) is 0 Å². The molecule has 2 heterocycles. The van der Waals surface area contributed by atoms with Crippen molar-refractivity contribution in [1.29, 1.82) is 0 Å². The third-order valence-corrected chi connectivity index (χ3v) is 4.12. The summed E-state index contributed by atoms with van der Waals surface area (Å²) in [5.74, 6) is 0.0986. The van der Waals surface area contributed by atoms with Crippen LogP contribution in [0, 0.1) is 0 Å². The number of likely N-dealkylation sites (tertiary alicyclic amines) is 1. The van der Waals surface area contributed by atoms with Gasteiger partial charge in [0.1, 0.15) is 0 Å². The Morgan fingerprint density at radius 1 is 1.44 bits per heavy atom. The van der Waals surface area contributed by atoms with Crippen molar-refractivity contribution in [2.75, 3.05) is 27.2 Å². The van der Waals surface area contributed by atoms with Crippen molar-refractivity contribution in [3.8, 4) is 0 Å². The first-order valence-corrected chi connectivity index (χ1v) is 6.94. The van der Waals surface area contributed by atoms with Crippen molar-refractivity contribution >= 4 is 21.8 Å². The van der Waals surface area contributed by atoms with Crippen LogP contribution < -0.4 is 0 Å². The van der Waals surface area contributed by atoms with Gasteiger partial charge < -0.3 is 9.80 Å². The maximum atomic E-state index is 12.4. The maximum Gasteiger partial charge on any atom is 0.255 e. The number of hydrogen-bond donors (Lipinski definition) is 0. The second kappa shape index (κ2) is 5.80. The molecule has 1 saturated heterocycles. The van der Waals surface area contributed by atoms with E-state index in [1.54, 1.807) is 18.5 Å². The van der Waals surface area contributed by atoms with Crippen LogP contribution in [0.5, 0.6) is 0 Å². The number of aromatic nitrogens is 1. The fourth-order valence-corrected chi connectivity index (χ4v) is 2.72. The fraction of sp³-hybridized carbons (Fsp3) is 0.538. The van der Waals surface area contributed by atoms with Gasteiger partial charge in [-0.25, -0.2) is 0 Å². The number of amides is 1. The van der Waals surface area contributed by atoms with Gasteiger partial charge >= 0.3 is 0 Å². The predicted octanol–water partition coefficient (Wildman–Crippen LogP) is 2.01. The molecule has 2 rings (SSSR count). The van der Waals surface area contributed by atoms with E-state index in [2.05, 4.69) is 39.9 Å². The van der Waals surface area contributed by atoms with E-state index in [4.69, 9.17) is 0 Å². The van der Waals surface area contributed by atoms with Gasteiger partial charge in [-0.15, -0.1) is 0 Å². The summed E-state index contributed by atoms with van der Waals surface area (Å²) < 4.78 is 0.768. The first-order valence-electron chi connectivity index (χ1n) is 6.15. The number of pyridine rings is 1. The molecule has 1 amide bonds. The molecule has 0 unspecified atom stereocenters. The summed E-state index contributed by atoms with van der Waals surface area (Å²) in [5, 5.41) is 0. The van der Waals surface area contributed by atoms with E-state index >= 15 is 0 Å². The van der Waals surface area contributed by atoms with E-state index in [0.29, 0.717) is 11.6 Å². The van der Waals surface area contributed by atoms with E-state index in [1.807, 2.05) is 4.90 Å². The zero-order valence-corrected chi connectivity index (χ0v) is 12.4. The fourth-order valence-electron chi connectivity index (χ4n) is 2.30. The van der Waals surface area contributed by atoms with Crippen molar-refractivity contribution in [3.63, 3.8) is 0 Å². The molecule has 0 saturated carbocycles. The van der Waals surface area contributed by atoms with Crippen molar-refractivity contribution in [2.45, 2.75) is 18.9 Å². The zero-order valence-electron chi connectivity index (χ0n) is 10.8. The van der Waals surface area contributed by atoms with Gasteiger partial charge in [0.2, 0.25) is 0 Å². The molecule has 4 nitrogen and oxygen atoms in total. The normalized spacial score (nSPS) is 17.2. The third kappa shape index (κ3) is 2.90. The zero-order chi connectivity index (χ0) is 13.1. The Labute approximate surface area is 116 Å². The number of carbonyl (C=O) groups is 1. The van der Waals surface area contributed by atoms with Gasteiger partial charge in [0, 0.05) is 36.0 Å². The van der Waals surface area contributed by atoms with Crippen molar-refractivity contribution in [1.82, 2.24) is 14.8 Å². The lowest BCUT2D eigenvalue weighted by atomic mass is 10.0. The number of carbonyl (C=O) groups excluding carboxylic acids is 1. The van der Waals surface area contributed by atoms with Crippen LogP contribution in [0.2, 0.25) is 0 Å². The SMILES string of the molecule is CN(C)C1CCN(C(=O)c2ccncc2Br)CC1. The lowest BCUT2D eigenvalue weighted by Crippen LogP contribution is -2.44. The molecule has 1 aromatic rings. The quantitative estimate of drug-likeness (QED) is 0.838. The average Bonchev–Trinajstić information content (AvgIpc) is 2.38. The van der Waals surface area contributed by atoms with E-state index < -0.39 is 0 Å². The first kappa shape index (κ1) is 13.5. The maximum absolute atomic E-state index is 12.4. The van der Waals surface area contributed by atoms with Crippen molar-refractivity contribution < 1.29 is 4.79 Å². The largest absolute Gasteiger partial charge is 0.338 e. The molecule has 98 valence electrons. The van der Waals surface area contributed by atoms with E-state index in [-0.39, 0.29) is 5.91 Å². The lowest BCUT2D eigenvalue weighted by molar-refractivity contribution is 0.0662. The summed E-state index contributed by atoms with van der Waals surface area (Å²) in [6.45, 7) is 1.66. The second-order valence-electron chi connectivity index (χ2n) is 4.84. The Morgan fingerprint density at radius 2 is 2.11 bits per heavy atom. The monoisotopic (exact) mass is 311 g/mol. The van der Waals surface area contributed by atoms with Crippen LogP contribution in [0.3, 0.4) is 0 Å². The topological polar surface area (TPSA) is 36.4 Å². The molecule has 1 aliphatic rings. The number of hydrogen-bond acceptors (Lipinski definition) is 3. The molecule has 1 aromatic heterocycles. The minimum absolute atomic E-state index is 0.0986. The summed E-state index contributed by atoms with van der Waals surface area (Å²) in [5.41, 5.74) is 0.702. The van der Waals surface area contributed by atoms with Gasteiger partial charge in [-0.3, -0.25) is 9.78 Å². The van der Waals surface area contributed by atoms with Gasteiger partial charge in [0.05, 0.1) is 5.56 Å². The van der Waals surface area contributed by atoms with Crippen molar-refractivity contribution in [3.05, 3.63) is 28.5 Å². The number of rotatable bonds is 2. The Morgan fingerprint density at radius 3 is 2.67 bits per heavy atom. The number of halogens is 1. The van der Waals surface area contributed by atoms with E-state index in [9.17, 15) is 4.79 Å². The van der Waals surface area contributed by atoms with Crippen LogP contribution in [0.4, 0.5) is 0 Å². The molecule has 0 spiro atoms. The molecule has 1 fully saturated rings. The van der Waals surface area contributed by atoms with Crippen LogP contribution in [0.1, 0.15) is 23.2 Å². The predicted molar refractivity (Wildman–Crippen MR) is 74.5 cm³/mol. The van der Waals surface area contributed by atoms with E-state index in [0.717, 1.165) is 30.4 Å². The Hall–Kier alpha value is -0.940. The number of nitrogens with zero attached hydrogens (tertiary/aromatic N) is 3. The molecule has 0 aliphatic carbocycles. The molecular formula is C13H18BrN3O. The smallest absolute Gasteiger partial charge is 0.255 e. The van der Waals surface area contributed by atoms with Crippen LogP contribution in [-0.2, 0) is 0 Å². The second-order valence-corrected chi connectivity index (χ2v) is 5.70. The third-order valence-electron chi connectivity index (χ3n) is 3.48. The summed E-state index contributed by atoms with van der Waals surface area (Å²) in [6.07, 6.45) is 5.41. The Balaban J connectivity index is 2.02. The minimum Gasteiger partial charge on any atom is -0.338 e. The molecule has 0 bridgehead atoms. The molecule has 0 N–H and O–H groups in total. The highest BCUT2D eigenvalue weighted by Crippen LogP contribution is 2.20. The molecule has 5 heteroatoms. The molecule has 0 radical (unpaired) electrons. The average molecular weight is 312 g/mol. The minimum atomic E-state index is 0.0986. The molecule has 0 atom stereocenters. The standard InChI is InChI=1S/C13H18BrN3O/c1-16(2)10-4-7-17(8-5-10)13(18)11-3-6-15-9-12(11)14/h3,6,9-10H,4-5,7-8H2,1-2H3. The van der Waals surface area contributed by atoms with Crippen LogP contribution in [0.25, 0.3) is 0 Å². The van der Waals surface area contributed by atoms with Gasteiger partial charge in [0.25, 0.3) is 5.91 Å². The van der Waals surface area contributed by atoms with Gasteiger partial charge in [-0.1, -0.05) is 0 Å². The molecule has 18 heavy (non-hydrogen) atoms.